The summed E-state index contributed by atoms with van der Waals surface area (Å²) in [5.74, 6) is 0.902. The van der Waals surface area contributed by atoms with Crippen molar-refractivity contribution in [2.75, 3.05) is 7.11 Å². The molecular formula is C12H13NO3. The number of nitrogens with zero attached hydrogens (tertiary/aromatic N) is 1. The molecule has 4 nitrogen and oxygen atoms in total. The van der Waals surface area contributed by atoms with Crippen LogP contribution in [0, 0.1) is 0 Å². The van der Waals surface area contributed by atoms with Crippen LogP contribution in [-0.4, -0.2) is 23.7 Å². The van der Waals surface area contributed by atoms with Crippen molar-refractivity contribution >= 4 is 11.6 Å². The Labute approximate surface area is 93.6 Å². The highest BCUT2D eigenvalue weighted by Gasteiger charge is 2.31. The van der Waals surface area contributed by atoms with E-state index in [1.54, 1.807) is 13.2 Å². The number of aromatic nitrogens is 1. The van der Waals surface area contributed by atoms with Gasteiger partial charge < -0.3 is 4.74 Å². The molecule has 0 amide bonds. The molecule has 16 heavy (non-hydrogen) atoms. The Bertz CT molecular complexity index is 446. The standard InChI is InChI=1S/C12H13NO3/c1-7(14)9-5-11(8-3-10(15)4-8)12(16-2)13-6-9/h5-6,8H,3-4H2,1-2H3. The van der Waals surface area contributed by atoms with Crippen molar-refractivity contribution in [3.63, 3.8) is 0 Å². The highest BCUT2D eigenvalue weighted by molar-refractivity contribution is 5.94. The minimum absolute atomic E-state index is 0.0259. The van der Waals surface area contributed by atoms with Crippen LogP contribution in [0.25, 0.3) is 0 Å². The molecule has 0 aliphatic heterocycles. The van der Waals surface area contributed by atoms with Gasteiger partial charge in [-0.1, -0.05) is 0 Å². The second-order valence-electron chi connectivity index (χ2n) is 4.02. The van der Waals surface area contributed by atoms with Crippen LogP contribution in [0.4, 0.5) is 0 Å². The van der Waals surface area contributed by atoms with Gasteiger partial charge in [0.05, 0.1) is 7.11 Å². The van der Waals surface area contributed by atoms with Gasteiger partial charge in [-0.3, -0.25) is 9.59 Å². The molecule has 0 spiro atoms. The number of hydrogen-bond donors (Lipinski definition) is 0. The molecule has 84 valence electrons. The van der Waals surface area contributed by atoms with Crippen molar-refractivity contribution in [1.29, 1.82) is 0 Å². The van der Waals surface area contributed by atoms with Gasteiger partial charge in [-0.05, 0) is 13.0 Å². The number of carbonyl (C=O) groups is 2. The van der Waals surface area contributed by atoms with Gasteiger partial charge in [0, 0.05) is 36.1 Å². The molecule has 1 aliphatic carbocycles. The molecular weight excluding hydrogens is 206 g/mol. The molecule has 1 aromatic rings. The molecule has 4 heteroatoms. The van der Waals surface area contributed by atoms with Crippen LogP contribution in [0.2, 0.25) is 0 Å². The average molecular weight is 219 g/mol. The minimum atomic E-state index is -0.0259. The van der Waals surface area contributed by atoms with E-state index in [0.29, 0.717) is 24.3 Å². The first kappa shape index (κ1) is 10.8. The van der Waals surface area contributed by atoms with Crippen LogP contribution in [0.1, 0.15) is 41.6 Å². The number of pyridine rings is 1. The van der Waals surface area contributed by atoms with Gasteiger partial charge in [0.1, 0.15) is 5.78 Å². The lowest BCUT2D eigenvalue weighted by Crippen LogP contribution is -2.22. The van der Waals surface area contributed by atoms with Crippen molar-refractivity contribution in [2.24, 2.45) is 0 Å². The quantitative estimate of drug-likeness (QED) is 0.726. The van der Waals surface area contributed by atoms with Gasteiger partial charge in [0.25, 0.3) is 0 Å². The first-order valence-electron chi connectivity index (χ1n) is 5.18. The zero-order valence-electron chi connectivity index (χ0n) is 9.32. The first-order chi connectivity index (χ1) is 7.61. The van der Waals surface area contributed by atoms with E-state index in [2.05, 4.69) is 4.98 Å². The lowest BCUT2D eigenvalue weighted by molar-refractivity contribution is -0.124. The second-order valence-corrected chi connectivity index (χ2v) is 4.02. The Morgan fingerprint density at radius 2 is 2.19 bits per heavy atom. The Kier molecular flexibility index (Phi) is 2.73. The van der Waals surface area contributed by atoms with E-state index in [0.717, 1.165) is 5.56 Å². The monoisotopic (exact) mass is 219 g/mol. The molecule has 1 fully saturated rings. The lowest BCUT2D eigenvalue weighted by Gasteiger charge is -2.25. The van der Waals surface area contributed by atoms with Crippen molar-refractivity contribution in [1.82, 2.24) is 4.98 Å². The number of ether oxygens (including phenoxy) is 1. The van der Waals surface area contributed by atoms with Crippen molar-refractivity contribution < 1.29 is 14.3 Å². The molecule has 0 N–H and O–H groups in total. The van der Waals surface area contributed by atoms with Crippen LogP contribution >= 0.6 is 0 Å². The zero-order chi connectivity index (χ0) is 11.7. The largest absolute Gasteiger partial charge is 0.481 e. The van der Waals surface area contributed by atoms with E-state index >= 15 is 0 Å². The topological polar surface area (TPSA) is 56.3 Å². The third kappa shape index (κ3) is 1.83. The van der Waals surface area contributed by atoms with Crippen LogP contribution < -0.4 is 4.74 Å². The number of Topliss-reactive ketones (excluding diaryl/α,β-unsaturated/α-hetero) is 2. The van der Waals surface area contributed by atoms with Crippen LogP contribution in [0.5, 0.6) is 5.88 Å². The fourth-order valence-corrected chi connectivity index (χ4v) is 1.83. The van der Waals surface area contributed by atoms with Crippen LogP contribution in [0.15, 0.2) is 12.3 Å². The Balaban J connectivity index is 2.35. The first-order valence-corrected chi connectivity index (χ1v) is 5.18. The molecule has 0 unspecified atom stereocenters. The van der Waals surface area contributed by atoms with E-state index in [1.165, 1.54) is 13.1 Å². The van der Waals surface area contributed by atoms with E-state index in [1.807, 2.05) is 0 Å². The van der Waals surface area contributed by atoms with Gasteiger partial charge in [-0.25, -0.2) is 4.98 Å². The molecule has 0 bridgehead atoms. The number of carbonyl (C=O) groups excluding carboxylic acids is 2. The summed E-state index contributed by atoms with van der Waals surface area (Å²) in [6.45, 7) is 1.50. The Hall–Kier alpha value is -1.71. The Morgan fingerprint density at radius 1 is 1.50 bits per heavy atom. The van der Waals surface area contributed by atoms with E-state index in [4.69, 9.17) is 4.74 Å². The maximum atomic E-state index is 11.2. The van der Waals surface area contributed by atoms with Gasteiger partial charge >= 0.3 is 0 Å². The fraction of sp³-hybridized carbons (Fsp3) is 0.417. The summed E-state index contributed by atoms with van der Waals surface area (Å²) in [6, 6.07) is 1.78. The zero-order valence-corrected chi connectivity index (χ0v) is 9.32. The fourth-order valence-electron chi connectivity index (χ4n) is 1.83. The molecule has 0 radical (unpaired) electrons. The summed E-state index contributed by atoms with van der Waals surface area (Å²) >= 11 is 0. The summed E-state index contributed by atoms with van der Waals surface area (Å²) < 4.78 is 5.14. The average Bonchev–Trinajstić information content (AvgIpc) is 2.24. The molecule has 0 atom stereocenters. The van der Waals surface area contributed by atoms with E-state index in [9.17, 15) is 9.59 Å². The number of hydrogen-bond acceptors (Lipinski definition) is 4. The van der Waals surface area contributed by atoms with E-state index < -0.39 is 0 Å². The molecule has 1 saturated carbocycles. The third-order valence-corrected chi connectivity index (χ3v) is 2.87. The molecule has 0 saturated heterocycles. The summed E-state index contributed by atoms with van der Waals surface area (Å²) in [4.78, 5) is 26.3. The second kappa shape index (κ2) is 4.04. The smallest absolute Gasteiger partial charge is 0.216 e. The van der Waals surface area contributed by atoms with Crippen molar-refractivity contribution in [3.05, 3.63) is 23.4 Å². The maximum absolute atomic E-state index is 11.2. The lowest BCUT2D eigenvalue weighted by atomic mass is 9.79. The Morgan fingerprint density at radius 3 is 2.69 bits per heavy atom. The normalized spacial score (nSPS) is 15.8. The van der Waals surface area contributed by atoms with Crippen molar-refractivity contribution in [2.45, 2.75) is 25.7 Å². The van der Waals surface area contributed by atoms with Crippen molar-refractivity contribution in [3.8, 4) is 5.88 Å². The predicted octanol–water partition coefficient (Wildman–Crippen LogP) is 1.74. The van der Waals surface area contributed by atoms with Gasteiger partial charge in [-0.2, -0.15) is 0 Å². The number of methoxy groups -OCH3 is 1. The maximum Gasteiger partial charge on any atom is 0.216 e. The summed E-state index contributed by atoms with van der Waals surface area (Å²) in [6.07, 6.45) is 2.56. The SMILES string of the molecule is COc1ncc(C(C)=O)cc1C1CC(=O)C1. The highest BCUT2D eigenvalue weighted by atomic mass is 16.5. The molecule has 2 rings (SSSR count). The molecule has 1 aromatic heterocycles. The van der Waals surface area contributed by atoms with Crippen LogP contribution in [-0.2, 0) is 4.79 Å². The van der Waals surface area contributed by atoms with Gasteiger partial charge in [0.15, 0.2) is 5.78 Å². The summed E-state index contributed by atoms with van der Waals surface area (Å²) in [5, 5.41) is 0. The highest BCUT2D eigenvalue weighted by Crippen LogP contribution is 2.38. The van der Waals surface area contributed by atoms with Gasteiger partial charge in [0.2, 0.25) is 5.88 Å². The number of rotatable bonds is 3. The van der Waals surface area contributed by atoms with Crippen LogP contribution in [0.3, 0.4) is 0 Å². The van der Waals surface area contributed by atoms with Gasteiger partial charge in [-0.15, -0.1) is 0 Å². The summed E-state index contributed by atoms with van der Waals surface area (Å²) in [5.41, 5.74) is 1.44. The third-order valence-electron chi connectivity index (χ3n) is 2.87. The molecule has 1 aliphatic rings. The molecule has 1 heterocycles. The number of ketones is 2. The summed E-state index contributed by atoms with van der Waals surface area (Å²) in [7, 11) is 1.54. The van der Waals surface area contributed by atoms with E-state index in [-0.39, 0.29) is 17.5 Å². The molecule has 0 aromatic carbocycles. The minimum Gasteiger partial charge on any atom is -0.481 e. The predicted molar refractivity (Wildman–Crippen MR) is 57.8 cm³/mol.